The second-order valence-corrected chi connectivity index (χ2v) is 8.54. The summed E-state index contributed by atoms with van der Waals surface area (Å²) in [5, 5.41) is 9.03. The number of carbonyl (C=O) groups is 2. The molecular formula is C25H26N2O6. The van der Waals surface area contributed by atoms with Crippen molar-refractivity contribution in [2.75, 3.05) is 13.2 Å². The van der Waals surface area contributed by atoms with Gasteiger partial charge < -0.3 is 29.3 Å². The number of carboxylic acid groups (broad SMARTS) is 1. The molecule has 172 valence electrons. The van der Waals surface area contributed by atoms with Gasteiger partial charge in [0.05, 0.1) is 25.4 Å². The van der Waals surface area contributed by atoms with Crippen LogP contribution < -0.4 is 0 Å². The van der Waals surface area contributed by atoms with Gasteiger partial charge in [0.25, 0.3) is 0 Å². The molecule has 0 spiro atoms. The van der Waals surface area contributed by atoms with E-state index in [1.54, 1.807) is 6.07 Å². The Morgan fingerprint density at radius 3 is 2.15 bits per heavy atom. The number of nitrogens with one attached hydrogen (secondary N) is 2. The SMILES string of the molecule is O=C(O)c1cc2c([nH]1)CC(OCCOC(=O)c1cc3c([nH]1)CC(OCc1ccccc1)C3)C2. The number of aromatic carboxylic acids is 1. The average Bonchev–Trinajstić information content (AvgIpc) is 3.54. The van der Waals surface area contributed by atoms with Crippen LogP contribution in [0.3, 0.4) is 0 Å². The Hall–Kier alpha value is -3.36. The molecule has 2 heterocycles. The lowest BCUT2D eigenvalue weighted by Crippen LogP contribution is -2.19. The molecule has 2 aromatic heterocycles. The molecule has 3 aromatic rings. The molecule has 0 saturated heterocycles. The van der Waals surface area contributed by atoms with E-state index in [4.69, 9.17) is 19.3 Å². The van der Waals surface area contributed by atoms with E-state index in [-0.39, 0.29) is 24.5 Å². The number of carbonyl (C=O) groups excluding carboxylic acids is 1. The number of hydrogen-bond donors (Lipinski definition) is 3. The standard InChI is InChI=1S/C25H26N2O6/c28-24(29)22-10-16-8-18(12-20(16)26-22)31-6-7-32-25(30)23-11-17-9-19(13-21(17)27-23)33-14-15-4-2-1-3-5-15/h1-5,10-11,18-19,26-27H,6-9,12-14H2,(H,28,29). The lowest BCUT2D eigenvalue weighted by molar-refractivity contribution is 0.0101. The minimum Gasteiger partial charge on any atom is -0.477 e. The normalized spacial score (nSPS) is 18.8. The topological polar surface area (TPSA) is 114 Å². The third kappa shape index (κ3) is 4.86. The first kappa shape index (κ1) is 21.5. The van der Waals surface area contributed by atoms with Gasteiger partial charge in [0, 0.05) is 37.1 Å². The van der Waals surface area contributed by atoms with Gasteiger partial charge in [-0.3, -0.25) is 0 Å². The minimum absolute atomic E-state index is 0.0325. The molecule has 0 amide bonds. The molecule has 0 fully saturated rings. The molecular weight excluding hydrogens is 424 g/mol. The molecule has 33 heavy (non-hydrogen) atoms. The van der Waals surface area contributed by atoms with Crippen molar-refractivity contribution in [3.05, 3.63) is 81.9 Å². The fraction of sp³-hybridized carbons (Fsp3) is 0.360. The smallest absolute Gasteiger partial charge is 0.354 e. The zero-order valence-corrected chi connectivity index (χ0v) is 18.1. The van der Waals surface area contributed by atoms with Gasteiger partial charge in [0.15, 0.2) is 0 Å². The molecule has 0 radical (unpaired) electrons. The van der Waals surface area contributed by atoms with Crippen molar-refractivity contribution in [1.82, 2.24) is 9.97 Å². The Balaban J connectivity index is 1.02. The van der Waals surface area contributed by atoms with Crippen LogP contribution in [0.15, 0.2) is 42.5 Å². The Labute approximate surface area is 190 Å². The van der Waals surface area contributed by atoms with E-state index < -0.39 is 11.9 Å². The van der Waals surface area contributed by atoms with E-state index in [0.717, 1.165) is 40.9 Å². The number of H-pyrrole nitrogens is 2. The molecule has 5 rings (SSSR count). The first-order valence-electron chi connectivity index (χ1n) is 11.1. The van der Waals surface area contributed by atoms with Crippen molar-refractivity contribution in [3.63, 3.8) is 0 Å². The molecule has 2 aliphatic rings. The molecule has 1 aromatic carbocycles. The molecule has 2 unspecified atom stereocenters. The molecule has 2 aliphatic carbocycles. The van der Waals surface area contributed by atoms with E-state index in [1.165, 1.54) is 0 Å². The van der Waals surface area contributed by atoms with Crippen molar-refractivity contribution in [1.29, 1.82) is 0 Å². The number of aromatic nitrogens is 2. The minimum atomic E-state index is -0.959. The predicted octanol–water partition coefficient (Wildman–Crippen LogP) is 3.07. The monoisotopic (exact) mass is 450 g/mol. The highest BCUT2D eigenvalue weighted by molar-refractivity contribution is 5.88. The second-order valence-electron chi connectivity index (χ2n) is 8.54. The van der Waals surface area contributed by atoms with Crippen LogP contribution in [0.1, 0.15) is 49.1 Å². The van der Waals surface area contributed by atoms with Crippen LogP contribution in [-0.2, 0) is 46.5 Å². The average molecular weight is 450 g/mol. The maximum Gasteiger partial charge on any atom is 0.354 e. The Bertz CT molecular complexity index is 1100. The van der Waals surface area contributed by atoms with Gasteiger partial charge in [-0.25, -0.2) is 9.59 Å². The van der Waals surface area contributed by atoms with E-state index in [9.17, 15) is 9.59 Å². The highest BCUT2D eigenvalue weighted by atomic mass is 16.6. The lowest BCUT2D eigenvalue weighted by atomic mass is 10.2. The summed E-state index contributed by atoms with van der Waals surface area (Å²) in [4.78, 5) is 29.5. The van der Waals surface area contributed by atoms with Gasteiger partial charge in [0.2, 0.25) is 0 Å². The number of fused-ring (bicyclic) bond motifs is 2. The van der Waals surface area contributed by atoms with Gasteiger partial charge in [-0.1, -0.05) is 30.3 Å². The summed E-state index contributed by atoms with van der Waals surface area (Å²) in [7, 11) is 0. The van der Waals surface area contributed by atoms with Crippen molar-refractivity contribution < 1.29 is 28.9 Å². The first-order chi connectivity index (χ1) is 16.0. The van der Waals surface area contributed by atoms with E-state index in [2.05, 4.69) is 9.97 Å². The van der Waals surface area contributed by atoms with Crippen molar-refractivity contribution >= 4 is 11.9 Å². The van der Waals surface area contributed by atoms with Crippen molar-refractivity contribution in [2.45, 2.75) is 44.5 Å². The molecule has 8 nitrogen and oxygen atoms in total. The zero-order valence-electron chi connectivity index (χ0n) is 18.1. The zero-order chi connectivity index (χ0) is 22.8. The van der Waals surface area contributed by atoms with Gasteiger partial charge >= 0.3 is 11.9 Å². The molecule has 3 N–H and O–H groups in total. The Morgan fingerprint density at radius 1 is 0.848 bits per heavy atom. The van der Waals surface area contributed by atoms with Gasteiger partial charge in [-0.2, -0.15) is 0 Å². The summed E-state index contributed by atoms with van der Waals surface area (Å²) >= 11 is 0. The fourth-order valence-electron chi connectivity index (χ4n) is 4.58. The summed E-state index contributed by atoms with van der Waals surface area (Å²) < 4.78 is 17.2. The first-order valence-corrected chi connectivity index (χ1v) is 11.1. The lowest BCUT2D eigenvalue weighted by Gasteiger charge is -2.12. The summed E-state index contributed by atoms with van der Waals surface area (Å²) in [6.45, 7) is 1.04. The molecule has 8 heteroatoms. The number of carboxylic acids is 1. The molecule has 0 saturated carbocycles. The van der Waals surface area contributed by atoms with Gasteiger partial charge in [0.1, 0.15) is 18.0 Å². The van der Waals surface area contributed by atoms with E-state index in [1.807, 2.05) is 36.4 Å². The highest BCUT2D eigenvalue weighted by Gasteiger charge is 2.27. The Morgan fingerprint density at radius 2 is 1.48 bits per heavy atom. The predicted molar refractivity (Wildman–Crippen MR) is 118 cm³/mol. The van der Waals surface area contributed by atoms with Crippen LogP contribution in [0, 0.1) is 0 Å². The molecule has 0 aliphatic heterocycles. The van der Waals surface area contributed by atoms with Gasteiger partial charge in [-0.15, -0.1) is 0 Å². The van der Waals surface area contributed by atoms with E-state index >= 15 is 0 Å². The quantitative estimate of drug-likeness (QED) is 0.341. The maximum absolute atomic E-state index is 12.4. The summed E-state index contributed by atoms with van der Waals surface area (Å²) in [5.41, 5.74) is 5.82. The number of ether oxygens (including phenoxy) is 3. The highest BCUT2D eigenvalue weighted by Crippen LogP contribution is 2.26. The summed E-state index contributed by atoms with van der Waals surface area (Å²) in [5.74, 6) is -1.35. The van der Waals surface area contributed by atoms with Crippen LogP contribution in [0.2, 0.25) is 0 Å². The Kier molecular flexibility index (Phi) is 6.02. The number of benzene rings is 1. The van der Waals surface area contributed by atoms with Crippen LogP contribution in [0.25, 0.3) is 0 Å². The van der Waals surface area contributed by atoms with Crippen molar-refractivity contribution in [2.24, 2.45) is 0 Å². The van der Waals surface area contributed by atoms with Crippen LogP contribution in [-0.4, -0.2) is 52.4 Å². The number of hydrogen-bond acceptors (Lipinski definition) is 5. The van der Waals surface area contributed by atoms with Crippen LogP contribution in [0.4, 0.5) is 0 Å². The maximum atomic E-state index is 12.4. The summed E-state index contributed by atoms with van der Waals surface area (Å²) in [6, 6.07) is 13.6. The third-order valence-corrected chi connectivity index (χ3v) is 6.19. The molecule has 2 atom stereocenters. The van der Waals surface area contributed by atoms with Crippen molar-refractivity contribution in [3.8, 4) is 0 Å². The second kappa shape index (κ2) is 9.25. The largest absolute Gasteiger partial charge is 0.477 e. The number of aromatic amines is 2. The van der Waals surface area contributed by atoms with Crippen LogP contribution in [0.5, 0.6) is 0 Å². The third-order valence-electron chi connectivity index (χ3n) is 6.19. The number of rotatable bonds is 9. The van der Waals surface area contributed by atoms with E-state index in [0.29, 0.717) is 31.7 Å². The van der Waals surface area contributed by atoms with Crippen LogP contribution >= 0.6 is 0 Å². The number of esters is 1. The molecule has 0 bridgehead atoms. The van der Waals surface area contributed by atoms with Gasteiger partial charge in [-0.05, 0) is 28.8 Å². The fourth-order valence-corrected chi connectivity index (χ4v) is 4.58. The summed E-state index contributed by atoms with van der Waals surface area (Å²) in [6.07, 6.45) is 2.90.